The lowest BCUT2D eigenvalue weighted by molar-refractivity contribution is -0.0469. The maximum Gasteiger partial charge on any atom is 0.0642 e. The largest absolute Gasteiger partial charge is 0.392 e. The van der Waals surface area contributed by atoms with Crippen LogP contribution in [0, 0.1) is 22.7 Å². The van der Waals surface area contributed by atoms with E-state index in [4.69, 9.17) is 5.11 Å². The number of rotatable bonds is 5. The van der Waals surface area contributed by atoms with Crippen molar-refractivity contribution in [2.75, 3.05) is 13.2 Å². The molecule has 0 bridgehead atoms. The van der Waals surface area contributed by atoms with Crippen molar-refractivity contribution in [3.8, 4) is 0 Å². The highest BCUT2D eigenvalue weighted by molar-refractivity contribution is 5.21. The molecule has 2 nitrogen and oxygen atoms in total. The maximum absolute atomic E-state index is 9.47. The molecule has 22 heavy (non-hydrogen) atoms. The third-order valence-electron chi connectivity index (χ3n) is 7.16. The van der Waals surface area contributed by atoms with Gasteiger partial charge >= 0.3 is 0 Å². The lowest BCUT2D eigenvalue weighted by Crippen LogP contribution is -2.49. The number of aliphatic hydroxyl groups is 2. The van der Waals surface area contributed by atoms with Crippen LogP contribution in [-0.4, -0.2) is 23.4 Å². The monoisotopic (exact) mass is 306 g/mol. The first kappa shape index (κ1) is 17.7. The Hall–Kier alpha value is -0.600. The van der Waals surface area contributed by atoms with Gasteiger partial charge in [0.1, 0.15) is 0 Å². The van der Waals surface area contributed by atoms with Crippen LogP contribution in [0.5, 0.6) is 0 Å². The third kappa shape index (κ3) is 3.05. The van der Waals surface area contributed by atoms with Crippen LogP contribution in [0.4, 0.5) is 0 Å². The highest BCUT2D eigenvalue weighted by atomic mass is 16.3. The Morgan fingerprint density at radius 3 is 2.68 bits per heavy atom. The minimum absolute atomic E-state index is 0.0329. The molecule has 1 saturated carbocycles. The molecule has 0 aromatic carbocycles. The van der Waals surface area contributed by atoms with E-state index in [2.05, 4.69) is 33.8 Å². The van der Waals surface area contributed by atoms with Crippen LogP contribution in [0.1, 0.15) is 66.2 Å². The summed E-state index contributed by atoms with van der Waals surface area (Å²) in [5.41, 5.74) is 3.27. The summed E-state index contributed by atoms with van der Waals surface area (Å²) < 4.78 is 0. The summed E-state index contributed by atoms with van der Waals surface area (Å²) in [5.74, 6) is 1.47. The molecule has 0 radical (unpaired) electrons. The smallest absolute Gasteiger partial charge is 0.0642 e. The first-order chi connectivity index (χ1) is 10.4. The third-order valence-corrected chi connectivity index (χ3v) is 7.16. The fourth-order valence-corrected chi connectivity index (χ4v) is 5.14. The zero-order valence-electron chi connectivity index (χ0n) is 14.9. The molecule has 1 fully saturated rings. The number of fused-ring (bicyclic) bond motifs is 1. The molecule has 2 heteroatoms. The number of allylic oxidation sites excluding steroid dienone is 2. The number of hydrogen-bond donors (Lipinski definition) is 2. The Bertz CT molecular complexity index is 451. The van der Waals surface area contributed by atoms with Gasteiger partial charge < -0.3 is 10.2 Å². The summed E-state index contributed by atoms with van der Waals surface area (Å²) in [4.78, 5) is 0. The molecule has 126 valence electrons. The van der Waals surface area contributed by atoms with Gasteiger partial charge in [-0.3, -0.25) is 0 Å². The first-order valence-electron chi connectivity index (χ1n) is 8.95. The van der Waals surface area contributed by atoms with E-state index in [1.165, 1.54) is 25.7 Å². The van der Waals surface area contributed by atoms with Gasteiger partial charge in [-0.15, -0.1) is 0 Å². The van der Waals surface area contributed by atoms with Crippen LogP contribution in [0.25, 0.3) is 0 Å². The minimum atomic E-state index is 0.0329. The van der Waals surface area contributed by atoms with Crippen LogP contribution in [-0.2, 0) is 0 Å². The average molecular weight is 306 g/mol. The van der Waals surface area contributed by atoms with Crippen molar-refractivity contribution >= 4 is 0 Å². The van der Waals surface area contributed by atoms with E-state index in [-0.39, 0.29) is 13.2 Å². The predicted octanol–water partition coefficient (Wildman–Crippen LogP) is 4.48. The van der Waals surface area contributed by atoms with Crippen molar-refractivity contribution in [3.63, 3.8) is 0 Å². The molecule has 2 aliphatic carbocycles. The van der Waals surface area contributed by atoms with Crippen molar-refractivity contribution in [2.24, 2.45) is 22.7 Å². The number of hydrogen-bond acceptors (Lipinski definition) is 2. The zero-order chi connectivity index (χ0) is 16.4. The molecular weight excluding hydrogens is 272 g/mol. The van der Waals surface area contributed by atoms with E-state index in [1.807, 2.05) is 0 Å². The molecule has 2 N–H and O–H groups in total. The lowest BCUT2D eigenvalue weighted by Gasteiger charge is -2.58. The van der Waals surface area contributed by atoms with Crippen molar-refractivity contribution in [2.45, 2.75) is 66.2 Å². The molecule has 0 spiro atoms. The van der Waals surface area contributed by atoms with Crippen molar-refractivity contribution in [3.05, 3.63) is 23.3 Å². The van der Waals surface area contributed by atoms with E-state index in [0.29, 0.717) is 10.8 Å². The molecule has 0 amide bonds. The summed E-state index contributed by atoms with van der Waals surface area (Å²) in [6.07, 6.45) is 11.4. The Labute approximate surface area is 136 Å². The van der Waals surface area contributed by atoms with Gasteiger partial charge in [0, 0.05) is 0 Å². The van der Waals surface area contributed by atoms with Gasteiger partial charge in [0.25, 0.3) is 0 Å². The molecule has 0 aromatic rings. The van der Waals surface area contributed by atoms with Gasteiger partial charge in [0.15, 0.2) is 0 Å². The van der Waals surface area contributed by atoms with E-state index in [9.17, 15) is 5.11 Å². The van der Waals surface area contributed by atoms with E-state index in [1.54, 1.807) is 11.6 Å². The van der Waals surface area contributed by atoms with Crippen LogP contribution in [0.3, 0.4) is 0 Å². The van der Waals surface area contributed by atoms with Gasteiger partial charge in [-0.05, 0) is 73.7 Å². The van der Waals surface area contributed by atoms with Crippen molar-refractivity contribution in [1.29, 1.82) is 0 Å². The highest BCUT2D eigenvalue weighted by Gasteiger charge is 2.52. The molecule has 0 heterocycles. The summed E-state index contributed by atoms with van der Waals surface area (Å²) in [6.45, 7) is 9.81. The van der Waals surface area contributed by atoms with Gasteiger partial charge in [-0.25, -0.2) is 0 Å². The molecular formula is C20H34O2. The summed E-state index contributed by atoms with van der Waals surface area (Å²) in [6, 6.07) is 0. The Morgan fingerprint density at radius 1 is 1.32 bits per heavy atom. The Kier molecular flexibility index (Phi) is 5.55. The molecule has 0 unspecified atom stereocenters. The van der Waals surface area contributed by atoms with E-state index >= 15 is 0 Å². The molecule has 2 aliphatic rings. The summed E-state index contributed by atoms with van der Waals surface area (Å²) >= 11 is 0. The van der Waals surface area contributed by atoms with Gasteiger partial charge in [0.05, 0.1) is 13.2 Å². The predicted molar refractivity (Wildman–Crippen MR) is 92.6 cm³/mol. The normalized spacial score (nSPS) is 39.4. The fraction of sp³-hybridized carbons (Fsp3) is 0.800. The molecule has 0 aromatic heterocycles. The maximum atomic E-state index is 9.47. The van der Waals surface area contributed by atoms with E-state index < -0.39 is 0 Å². The lowest BCUT2D eigenvalue weighted by atomic mass is 9.47. The zero-order valence-corrected chi connectivity index (χ0v) is 14.9. The molecule has 2 rings (SSSR count). The second-order valence-electron chi connectivity index (χ2n) is 8.08. The van der Waals surface area contributed by atoms with Crippen molar-refractivity contribution in [1.82, 2.24) is 0 Å². The molecule has 0 aliphatic heterocycles. The van der Waals surface area contributed by atoms with E-state index in [0.717, 1.165) is 30.3 Å². The average Bonchev–Trinajstić information content (AvgIpc) is 2.50. The topological polar surface area (TPSA) is 40.5 Å². The van der Waals surface area contributed by atoms with Crippen LogP contribution in [0.2, 0.25) is 0 Å². The first-order valence-corrected chi connectivity index (χ1v) is 8.95. The second-order valence-corrected chi connectivity index (χ2v) is 8.08. The highest BCUT2D eigenvalue weighted by Crippen LogP contribution is 2.61. The van der Waals surface area contributed by atoms with Crippen LogP contribution >= 0.6 is 0 Å². The Balaban J connectivity index is 2.22. The quantitative estimate of drug-likeness (QED) is 0.735. The summed E-state index contributed by atoms with van der Waals surface area (Å²) in [7, 11) is 0. The second kappa shape index (κ2) is 6.88. The molecule has 4 atom stereocenters. The van der Waals surface area contributed by atoms with Gasteiger partial charge in [-0.2, -0.15) is 0 Å². The standard InChI is InChI=1S/C20H34O2/c1-15-6-5-7-18-19(15,3)11-8-16(2)20(18,4)12-9-17(14-22)10-13-21/h6,10,16,18,21-22H,5,7-9,11-14H2,1-4H3/t16-,18+,19+,20+/m0/s1. The van der Waals surface area contributed by atoms with Crippen LogP contribution in [0.15, 0.2) is 23.3 Å². The molecule has 0 saturated heterocycles. The van der Waals surface area contributed by atoms with Gasteiger partial charge in [0.2, 0.25) is 0 Å². The van der Waals surface area contributed by atoms with Gasteiger partial charge in [-0.1, -0.05) is 38.5 Å². The fourth-order valence-electron chi connectivity index (χ4n) is 5.14. The summed E-state index contributed by atoms with van der Waals surface area (Å²) in [5, 5.41) is 18.6. The van der Waals surface area contributed by atoms with Crippen LogP contribution < -0.4 is 0 Å². The minimum Gasteiger partial charge on any atom is -0.392 e. The number of aliphatic hydroxyl groups excluding tert-OH is 2. The Morgan fingerprint density at radius 2 is 2.05 bits per heavy atom. The van der Waals surface area contributed by atoms with Crippen molar-refractivity contribution < 1.29 is 10.2 Å². The SMILES string of the molecule is CC1=CCC[C@H]2[C@](C)(CCC(=CCO)CO)[C@@H](C)CC[C@]12C.